The standard InChI is InChI=1S/C15H23F3N4O.HI/c1-2-19-14(20-7-5-13-4-3-9-23-13)21-12-6-8-22(10-12)11-15(16,17)18;/h3-4,9,12H,2,5-8,10-11H2,1H3,(H2,19,20,21);1H. The molecule has 1 unspecified atom stereocenters. The van der Waals surface area contributed by atoms with Gasteiger partial charge in [-0.3, -0.25) is 9.89 Å². The van der Waals surface area contributed by atoms with Gasteiger partial charge in [0.25, 0.3) is 0 Å². The van der Waals surface area contributed by atoms with Gasteiger partial charge in [-0.05, 0) is 25.5 Å². The molecule has 1 fully saturated rings. The molecule has 0 aromatic carbocycles. The first-order chi connectivity index (χ1) is 11.0. The fraction of sp³-hybridized carbons (Fsp3) is 0.667. The number of likely N-dealkylation sites (tertiary alicyclic amines) is 1. The zero-order valence-corrected chi connectivity index (χ0v) is 15.9. The summed E-state index contributed by atoms with van der Waals surface area (Å²) in [4.78, 5) is 5.87. The van der Waals surface area contributed by atoms with Gasteiger partial charge in [0.15, 0.2) is 5.96 Å². The molecule has 0 radical (unpaired) electrons. The summed E-state index contributed by atoms with van der Waals surface area (Å²) >= 11 is 0. The topological polar surface area (TPSA) is 52.8 Å². The van der Waals surface area contributed by atoms with Crippen molar-refractivity contribution in [2.45, 2.75) is 32.0 Å². The second-order valence-electron chi connectivity index (χ2n) is 5.57. The number of nitrogens with zero attached hydrogens (tertiary/aromatic N) is 2. The van der Waals surface area contributed by atoms with E-state index in [2.05, 4.69) is 15.6 Å². The van der Waals surface area contributed by atoms with Crippen molar-refractivity contribution in [2.75, 3.05) is 32.7 Å². The van der Waals surface area contributed by atoms with Gasteiger partial charge >= 0.3 is 6.18 Å². The Morgan fingerprint density at radius 2 is 2.25 bits per heavy atom. The summed E-state index contributed by atoms with van der Waals surface area (Å²) in [5.74, 6) is 1.50. The fourth-order valence-corrected chi connectivity index (χ4v) is 2.59. The smallest absolute Gasteiger partial charge is 0.401 e. The summed E-state index contributed by atoms with van der Waals surface area (Å²) in [6.07, 6.45) is -1.15. The summed E-state index contributed by atoms with van der Waals surface area (Å²) < 4.78 is 42.5. The number of nitrogens with one attached hydrogen (secondary N) is 2. The maximum Gasteiger partial charge on any atom is 0.401 e. The number of aliphatic imine (C=N–C) groups is 1. The molecule has 0 amide bonds. The van der Waals surface area contributed by atoms with Crippen molar-refractivity contribution < 1.29 is 17.6 Å². The summed E-state index contributed by atoms with van der Waals surface area (Å²) in [6.45, 7) is 3.18. The first-order valence-corrected chi connectivity index (χ1v) is 7.82. The van der Waals surface area contributed by atoms with Crippen LogP contribution in [0.2, 0.25) is 0 Å². The lowest BCUT2D eigenvalue weighted by molar-refractivity contribution is -0.143. The molecule has 9 heteroatoms. The number of guanidine groups is 1. The Balaban J connectivity index is 0.00000288. The molecule has 0 spiro atoms. The van der Waals surface area contributed by atoms with Crippen molar-refractivity contribution in [3.8, 4) is 0 Å². The minimum atomic E-state index is -4.14. The number of furan rings is 1. The van der Waals surface area contributed by atoms with Gasteiger partial charge in [0, 0.05) is 38.6 Å². The van der Waals surface area contributed by atoms with E-state index >= 15 is 0 Å². The predicted molar refractivity (Wildman–Crippen MR) is 97.8 cm³/mol. The minimum Gasteiger partial charge on any atom is -0.469 e. The second-order valence-corrected chi connectivity index (χ2v) is 5.57. The molecule has 0 aliphatic carbocycles. The van der Waals surface area contributed by atoms with E-state index in [4.69, 9.17) is 4.42 Å². The van der Waals surface area contributed by atoms with Crippen LogP contribution >= 0.6 is 24.0 Å². The molecule has 2 rings (SSSR count). The van der Waals surface area contributed by atoms with Gasteiger partial charge in [-0.2, -0.15) is 13.2 Å². The van der Waals surface area contributed by atoms with Crippen LogP contribution in [0.25, 0.3) is 0 Å². The molecule has 24 heavy (non-hydrogen) atoms. The molecule has 1 atom stereocenters. The average molecular weight is 460 g/mol. The van der Waals surface area contributed by atoms with E-state index in [0.717, 1.165) is 5.76 Å². The third kappa shape index (κ3) is 7.73. The zero-order chi connectivity index (χ0) is 16.7. The van der Waals surface area contributed by atoms with Crippen LogP contribution in [0.4, 0.5) is 13.2 Å². The number of hydrogen-bond donors (Lipinski definition) is 2. The molecule has 1 aliphatic heterocycles. The number of alkyl halides is 3. The van der Waals surface area contributed by atoms with Crippen LogP contribution in [-0.4, -0.2) is 55.8 Å². The van der Waals surface area contributed by atoms with Gasteiger partial charge in [0.05, 0.1) is 12.8 Å². The van der Waals surface area contributed by atoms with Crippen LogP contribution in [0.5, 0.6) is 0 Å². The quantitative estimate of drug-likeness (QED) is 0.390. The van der Waals surface area contributed by atoms with Crippen LogP contribution in [0, 0.1) is 0 Å². The van der Waals surface area contributed by atoms with Crippen LogP contribution in [0.3, 0.4) is 0 Å². The highest BCUT2D eigenvalue weighted by Crippen LogP contribution is 2.19. The third-order valence-electron chi connectivity index (χ3n) is 3.57. The molecular formula is C15H24F3IN4O. The summed E-state index contributed by atoms with van der Waals surface area (Å²) in [6, 6.07) is 3.71. The molecule has 5 nitrogen and oxygen atoms in total. The van der Waals surface area contributed by atoms with Crippen molar-refractivity contribution in [3.05, 3.63) is 24.2 Å². The lowest BCUT2D eigenvalue weighted by Crippen LogP contribution is -2.45. The maximum atomic E-state index is 12.4. The number of halogens is 4. The minimum absolute atomic E-state index is 0. The van der Waals surface area contributed by atoms with E-state index < -0.39 is 12.7 Å². The lowest BCUT2D eigenvalue weighted by Gasteiger charge is -2.19. The van der Waals surface area contributed by atoms with E-state index in [0.29, 0.717) is 45.0 Å². The molecule has 2 heterocycles. The number of hydrogen-bond acceptors (Lipinski definition) is 3. The van der Waals surface area contributed by atoms with Gasteiger partial charge in [-0.1, -0.05) is 0 Å². The second kappa shape index (κ2) is 10.1. The molecule has 1 aromatic heterocycles. The molecule has 0 saturated carbocycles. The highest BCUT2D eigenvalue weighted by molar-refractivity contribution is 14.0. The normalized spacial score (nSPS) is 19.2. The highest BCUT2D eigenvalue weighted by atomic mass is 127. The number of rotatable bonds is 6. The molecule has 138 valence electrons. The van der Waals surface area contributed by atoms with E-state index in [-0.39, 0.29) is 30.0 Å². The Morgan fingerprint density at radius 3 is 2.88 bits per heavy atom. The molecular weight excluding hydrogens is 436 g/mol. The first kappa shape index (κ1) is 21.1. The zero-order valence-electron chi connectivity index (χ0n) is 13.6. The SMILES string of the molecule is CCNC(=NCCc1ccco1)NC1CCN(CC(F)(F)F)C1.I. The Morgan fingerprint density at radius 1 is 1.46 bits per heavy atom. The fourth-order valence-electron chi connectivity index (χ4n) is 2.59. The Kier molecular flexibility index (Phi) is 8.88. The summed E-state index contributed by atoms with van der Waals surface area (Å²) in [5, 5.41) is 6.33. The maximum absolute atomic E-state index is 12.4. The van der Waals surface area contributed by atoms with Gasteiger partial charge in [-0.15, -0.1) is 24.0 Å². The monoisotopic (exact) mass is 460 g/mol. The molecule has 1 aliphatic rings. The molecule has 0 bridgehead atoms. The van der Waals surface area contributed by atoms with E-state index in [1.54, 1.807) is 6.26 Å². The van der Waals surface area contributed by atoms with Gasteiger partial charge in [0.1, 0.15) is 5.76 Å². The molecule has 1 aromatic rings. The van der Waals surface area contributed by atoms with Crippen molar-refractivity contribution in [2.24, 2.45) is 4.99 Å². The van der Waals surface area contributed by atoms with Crippen molar-refractivity contribution in [3.63, 3.8) is 0 Å². The van der Waals surface area contributed by atoms with Gasteiger partial charge in [0.2, 0.25) is 0 Å². The third-order valence-corrected chi connectivity index (χ3v) is 3.57. The summed E-state index contributed by atoms with van der Waals surface area (Å²) in [5.41, 5.74) is 0. The summed E-state index contributed by atoms with van der Waals surface area (Å²) in [7, 11) is 0. The molecule has 2 N–H and O–H groups in total. The van der Waals surface area contributed by atoms with E-state index in [1.807, 2.05) is 19.1 Å². The van der Waals surface area contributed by atoms with Crippen LogP contribution in [-0.2, 0) is 6.42 Å². The first-order valence-electron chi connectivity index (χ1n) is 7.82. The average Bonchev–Trinajstić information content (AvgIpc) is 3.09. The van der Waals surface area contributed by atoms with Gasteiger partial charge < -0.3 is 15.1 Å². The Labute approximate surface area is 157 Å². The van der Waals surface area contributed by atoms with E-state index in [9.17, 15) is 13.2 Å². The largest absolute Gasteiger partial charge is 0.469 e. The van der Waals surface area contributed by atoms with Crippen LogP contribution < -0.4 is 10.6 Å². The van der Waals surface area contributed by atoms with Crippen molar-refractivity contribution in [1.82, 2.24) is 15.5 Å². The van der Waals surface area contributed by atoms with Crippen molar-refractivity contribution >= 4 is 29.9 Å². The van der Waals surface area contributed by atoms with Crippen molar-refractivity contribution in [1.29, 1.82) is 0 Å². The van der Waals surface area contributed by atoms with Crippen LogP contribution in [0.15, 0.2) is 27.8 Å². The molecule has 1 saturated heterocycles. The highest BCUT2D eigenvalue weighted by Gasteiger charge is 2.34. The Hall–Kier alpha value is -0.970. The predicted octanol–water partition coefficient (Wildman–Crippen LogP) is 2.63. The van der Waals surface area contributed by atoms with Crippen LogP contribution in [0.1, 0.15) is 19.1 Å². The Bertz CT molecular complexity index is 493. The van der Waals surface area contributed by atoms with E-state index in [1.165, 1.54) is 4.90 Å². The lowest BCUT2D eigenvalue weighted by atomic mass is 10.3. The van der Waals surface area contributed by atoms with Gasteiger partial charge in [-0.25, -0.2) is 0 Å².